The van der Waals surface area contributed by atoms with Crippen molar-refractivity contribution in [3.05, 3.63) is 52.9 Å². The van der Waals surface area contributed by atoms with Crippen molar-refractivity contribution in [1.29, 1.82) is 0 Å². The quantitative estimate of drug-likeness (QED) is 0.484. The van der Waals surface area contributed by atoms with Crippen molar-refractivity contribution >= 4 is 49.3 Å². The monoisotopic (exact) mass is 391 g/mol. The van der Waals surface area contributed by atoms with E-state index in [9.17, 15) is 8.42 Å². The van der Waals surface area contributed by atoms with Crippen LogP contribution in [0.2, 0.25) is 0 Å². The SMILES string of the molecule is O=S(=O)(Nc1cccc2cc(-c3nc(CO)cs3)[nH]c12)c1cccs1. The molecule has 128 valence electrons. The number of rotatable bonds is 5. The molecule has 4 aromatic rings. The molecule has 25 heavy (non-hydrogen) atoms. The first kappa shape index (κ1) is 16.3. The van der Waals surface area contributed by atoms with E-state index in [2.05, 4.69) is 14.7 Å². The van der Waals surface area contributed by atoms with Crippen LogP contribution < -0.4 is 4.72 Å². The second-order valence-electron chi connectivity index (χ2n) is 5.29. The van der Waals surface area contributed by atoms with Gasteiger partial charge >= 0.3 is 0 Å². The summed E-state index contributed by atoms with van der Waals surface area (Å²) in [5, 5.41) is 14.3. The lowest BCUT2D eigenvalue weighted by atomic mass is 10.2. The Bertz CT molecular complexity index is 1130. The summed E-state index contributed by atoms with van der Waals surface area (Å²) in [5.41, 5.74) is 2.56. The van der Waals surface area contributed by atoms with Crippen molar-refractivity contribution < 1.29 is 13.5 Å². The molecule has 9 heteroatoms. The predicted octanol–water partition coefficient (Wildman–Crippen LogP) is 3.65. The molecule has 0 amide bonds. The maximum absolute atomic E-state index is 12.5. The van der Waals surface area contributed by atoms with Gasteiger partial charge in [0, 0.05) is 10.8 Å². The molecule has 0 fully saturated rings. The van der Waals surface area contributed by atoms with Gasteiger partial charge in [-0.05, 0) is 23.6 Å². The first-order valence-corrected chi connectivity index (χ1v) is 10.5. The van der Waals surface area contributed by atoms with Crippen molar-refractivity contribution in [2.75, 3.05) is 4.72 Å². The van der Waals surface area contributed by atoms with Gasteiger partial charge in [-0.25, -0.2) is 13.4 Å². The smallest absolute Gasteiger partial charge is 0.271 e. The molecule has 0 aliphatic rings. The number of fused-ring (bicyclic) bond motifs is 1. The van der Waals surface area contributed by atoms with Crippen LogP contribution in [0.15, 0.2) is 51.4 Å². The Morgan fingerprint density at radius 2 is 2.08 bits per heavy atom. The maximum atomic E-state index is 12.5. The molecule has 0 aliphatic heterocycles. The number of hydrogen-bond donors (Lipinski definition) is 3. The highest BCUT2D eigenvalue weighted by molar-refractivity contribution is 7.94. The van der Waals surface area contributed by atoms with Crippen LogP contribution >= 0.6 is 22.7 Å². The zero-order valence-electron chi connectivity index (χ0n) is 12.8. The van der Waals surface area contributed by atoms with Gasteiger partial charge in [0.1, 0.15) is 9.22 Å². The normalized spacial score (nSPS) is 11.9. The number of thiophene rings is 1. The number of aromatic nitrogens is 2. The number of para-hydroxylation sites is 1. The van der Waals surface area contributed by atoms with E-state index >= 15 is 0 Å². The highest BCUT2D eigenvalue weighted by atomic mass is 32.2. The van der Waals surface area contributed by atoms with Crippen LogP contribution in [0.1, 0.15) is 5.69 Å². The van der Waals surface area contributed by atoms with Crippen molar-refractivity contribution in [2.24, 2.45) is 0 Å². The molecule has 0 bridgehead atoms. The fourth-order valence-electron chi connectivity index (χ4n) is 2.47. The van der Waals surface area contributed by atoms with Gasteiger partial charge in [-0.1, -0.05) is 18.2 Å². The van der Waals surface area contributed by atoms with Crippen LogP contribution in [0.5, 0.6) is 0 Å². The lowest BCUT2D eigenvalue weighted by Crippen LogP contribution is -2.11. The Morgan fingerprint density at radius 1 is 1.20 bits per heavy atom. The third kappa shape index (κ3) is 3.07. The van der Waals surface area contributed by atoms with E-state index < -0.39 is 10.0 Å². The van der Waals surface area contributed by atoms with Crippen LogP contribution in [0.25, 0.3) is 21.6 Å². The van der Waals surface area contributed by atoms with Crippen LogP contribution in [0.3, 0.4) is 0 Å². The number of anilines is 1. The molecule has 0 spiro atoms. The molecule has 3 N–H and O–H groups in total. The average Bonchev–Trinajstić information content (AvgIpc) is 3.33. The Balaban J connectivity index is 1.75. The molecule has 1 aromatic carbocycles. The van der Waals surface area contributed by atoms with Crippen LogP contribution in [0.4, 0.5) is 5.69 Å². The maximum Gasteiger partial charge on any atom is 0.271 e. The molecule has 4 rings (SSSR count). The third-order valence-electron chi connectivity index (χ3n) is 3.60. The topological polar surface area (TPSA) is 95.1 Å². The number of aromatic amines is 1. The summed E-state index contributed by atoms with van der Waals surface area (Å²) in [6.07, 6.45) is 0. The first-order chi connectivity index (χ1) is 12.1. The summed E-state index contributed by atoms with van der Waals surface area (Å²) in [7, 11) is -3.61. The van der Waals surface area contributed by atoms with E-state index in [0.29, 0.717) is 16.9 Å². The fourth-order valence-corrected chi connectivity index (χ4v) is 5.32. The summed E-state index contributed by atoms with van der Waals surface area (Å²) in [4.78, 5) is 7.57. The Kier molecular flexibility index (Phi) is 4.08. The summed E-state index contributed by atoms with van der Waals surface area (Å²) >= 11 is 2.59. The summed E-state index contributed by atoms with van der Waals surface area (Å²) in [6.45, 7) is -0.109. The van der Waals surface area contributed by atoms with E-state index in [0.717, 1.165) is 16.1 Å². The van der Waals surface area contributed by atoms with E-state index in [1.165, 1.54) is 22.7 Å². The van der Waals surface area contributed by atoms with Crippen molar-refractivity contribution in [3.63, 3.8) is 0 Å². The largest absolute Gasteiger partial charge is 0.390 e. The van der Waals surface area contributed by atoms with E-state index in [1.54, 1.807) is 35.0 Å². The zero-order valence-corrected chi connectivity index (χ0v) is 15.2. The van der Waals surface area contributed by atoms with Crippen molar-refractivity contribution in [1.82, 2.24) is 9.97 Å². The van der Waals surface area contributed by atoms with Gasteiger partial charge in [0.2, 0.25) is 0 Å². The minimum atomic E-state index is -3.61. The minimum Gasteiger partial charge on any atom is -0.390 e. The Hall–Kier alpha value is -2.20. The van der Waals surface area contributed by atoms with Crippen LogP contribution in [0, 0.1) is 0 Å². The van der Waals surface area contributed by atoms with E-state index in [4.69, 9.17) is 5.11 Å². The summed E-state index contributed by atoms with van der Waals surface area (Å²) in [6, 6.07) is 10.6. The summed E-state index contributed by atoms with van der Waals surface area (Å²) in [5.74, 6) is 0. The molecule has 0 saturated carbocycles. The van der Waals surface area contributed by atoms with Crippen molar-refractivity contribution in [2.45, 2.75) is 10.8 Å². The molecule has 0 radical (unpaired) electrons. The molecule has 3 aromatic heterocycles. The van der Waals surface area contributed by atoms with Crippen LogP contribution in [-0.2, 0) is 16.6 Å². The zero-order chi connectivity index (χ0) is 17.4. The second-order valence-corrected chi connectivity index (χ2v) is 9.01. The van der Waals surface area contributed by atoms with Crippen molar-refractivity contribution in [3.8, 4) is 10.7 Å². The standard InChI is InChI=1S/C16H13N3O3S3/c20-8-11-9-24-16(17-11)13-7-10-3-1-4-12(15(10)18-13)19-25(21,22)14-5-2-6-23-14/h1-7,9,18-20H,8H2. The third-order valence-corrected chi connectivity index (χ3v) is 7.29. The Labute approximate surface area is 151 Å². The number of aliphatic hydroxyl groups is 1. The molecule has 3 heterocycles. The molecular formula is C16H13N3O3S3. The molecule has 6 nitrogen and oxygen atoms in total. The van der Waals surface area contributed by atoms with Gasteiger partial charge in [-0.2, -0.15) is 0 Å². The van der Waals surface area contributed by atoms with Gasteiger partial charge in [0.05, 0.1) is 29.2 Å². The summed E-state index contributed by atoms with van der Waals surface area (Å²) < 4.78 is 27.9. The average molecular weight is 391 g/mol. The number of H-pyrrole nitrogens is 1. The number of aliphatic hydroxyl groups excluding tert-OH is 1. The molecule has 0 aliphatic carbocycles. The van der Waals surface area contributed by atoms with Gasteiger partial charge < -0.3 is 10.1 Å². The first-order valence-electron chi connectivity index (χ1n) is 7.30. The van der Waals surface area contributed by atoms with Gasteiger partial charge in [0.15, 0.2) is 0 Å². The lowest BCUT2D eigenvalue weighted by Gasteiger charge is -2.07. The molecule has 0 saturated heterocycles. The number of benzene rings is 1. The lowest BCUT2D eigenvalue weighted by molar-refractivity contribution is 0.278. The number of nitrogens with zero attached hydrogens (tertiary/aromatic N) is 1. The number of hydrogen-bond acceptors (Lipinski definition) is 6. The van der Waals surface area contributed by atoms with Gasteiger partial charge in [0.25, 0.3) is 10.0 Å². The highest BCUT2D eigenvalue weighted by Gasteiger charge is 2.18. The highest BCUT2D eigenvalue weighted by Crippen LogP contribution is 2.31. The second kappa shape index (κ2) is 6.26. The van der Waals surface area contributed by atoms with Gasteiger partial charge in [-0.15, -0.1) is 22.7 Å². The minimum absolute atomic E-state index is 0.109. The fraction of sp³-hybridized carbons (Fsp3) is 0.0625. The number of thiazole rings is 1. The van der Waals surface area contributed by atoms with E-state index in [1.807, 2.05) is 12.1 Å². The molecule has 0 unspecified atom stereocenters. The molecule has 0 atom stereocenters. The predicted molar refractivity (Wildman–Crippen MR) is 100 cm³/mol. The number of sulfonamides is 1. The van der Waals surface area contributed by atoms with Gasteiger partial charge in [-0.3, -0.25) is 4.72 Å². The number of nitrogens with one attached hydrogen (secondary N) is 2. The molecular weight excluding hydrogens is 378 g/mol. The van der Waals surface area contributed by atoms with E-state index in [-0.39, 0.29) is 10.8 Å². The van der Waals surface area contributed by atoms with Crippen LogP contribution in [-0.4, -0.2) is 23.5 Å². The Morgan fingerprint density at radius 3 is 2.80 bits per heavy atom.